The summed E-state index contributed by atoms with van der Waals surface area (Å²) in [5.41, 5.74) is 4.94. The Morgan fingerprint density at radius 1 is 1.64 bits per heavy atom. The van der Waals surface area contributed by atoms with E-state index < -0.39 is 17.7 Å². The number of carbonyl (C=O) groups is 2. The van der Waals surface area contributed by atoms with Gasteiger partial charge in [0.25, 0.3) is 5.91 Å². The fourth-order valence-corrected chi connectivity index (χ4v) is 0.889. The molecule has 1 saturated heterocycles. The van der Waals surface area contributed by atoms with Crippen molar-refractivity contribution in [3.05, 3.63) is 11.8 Å². The lowest BCUT2D eigenvalue weighted by molar-refractivity contribution is -0.117. The Morgan fingerprint density at radius 2 is 2.27 bits per heavy atom. The van der Waals surface area contributed by atoms with Crippen molar-refractivity contribution < 1.29 is 14.7 Å². The van der Waals surface area contributed by atoms with Crippen LogP contribution in [0.4, 0.5) is 0 Å². The number of aliphatic hydroxyl groups excluding tert-OH is 1. The zero-order valence-corrected chi connectivity index (χ0v) is 5.70. The molecule has 0 bridgehead atoms. The van der Waals surface area contributed by atoms with Gasteiger partial charge >= 0.3 is 0 Å². The molecule has 0 aliphatic carbocycles. The van der Waals surface area contributed by atoms with Crippen molar-refractivity contribution in [3.8, 4) is 0 Å². The van der Waals surface area contributed by atoms with E-state index in [1.54, 1.807) is 0 Å². The number of amides is 1. The minimum Gasteiger partial charge on any atom is -0.515 e. The van der Waals surface area contributed by atoms with Crippen molar-refractivity contribution in [1.29, 1.82) is 0 Å². The summed E-state index contributed by atoms with van der Waals surface area (Å²) in [7, 11) is 0. The number of rotatable bonds is 1. The van der Waals surface area contributed by atoms with Crippen LogP contribution in [0.15, 0.2) is 11.8 Å². The summed E-state index contributed by atoms with van der Waals surface area (Å²) in [4.78, 5) is 21.8. The molecule has 0 aromatic carbocycles. The second-order valence-electron chi connectivity index (χ2n) is 2.17. The lowest BCUT2D eigenvalue weighted by Crippen LogP contribution is -2.36. The SMILES string of the molecule is NC[C@@H]1NC(=O)C(=CO)C1=O. The third kappa shape index (κ3) is 1.10. The number of Topliss-reactive ketones (excluding diaryl/α,β-unsaturated/α-hetero) is 1. The van der Waals surface area contributed by atoms with Gasteiger partial charge in [-0.2, -0.15) is 0 Å². The molecule has 60 valence electrons. The van der Waals surface area contributed by atoms with Crippen LogP contribution in [0.2, 0.25) is 0 Å². The summed E-state index contributed by atoms with van der Waals surface area (Å²) in [5, 5.41) is 10.7. The van der Waals surface area contributed by atoms with Gasteiger partial charge in [0.15, 0.2) is 5.78 Å². The van der Waals surface area contributed by atoms with Gasteiger partial charge in [0.2, 0.25) is 0 Å². The predicted molar refractivity (Wildman–Crippen MR) is 36.7 cm³/mol. The summed E-state index contributed by atoms with van der Waals surface area (Å²) in [6, 6.07) is -0.666. The fraction of sp³-hybridized carbons (Fsp3) is 0.333. The Morgan fingerprint density at radius 3 is 2.55 bits per heavy atom. The largest absolute Gasteiger partial charge is 0.515 e. The molecule has 1 fully saturated rings. The molecule has 1 aliphatic rings. The first-order valence-electron chi connectivity index (χ1n) is 3.10. The second kappa shape index (κ2) is 2.71. The number of hydrogen-bond acceptors (Lipinski definition) is 4. The normalized spacial score (nSPS) is 27.7. The maximum absolute atomic E-state index is 11.0. The van der Waals surface area contributed by atoms with E-state index in [1.165, 1.54) is 0 Å². The molecule has 0 saturated carbocycles. The fourth-order valence-electron chi connectivity index (χ4n) is 0.889. The Labute approximate surface area is 62.9 Å². The zero-order chi connectivity index (χ0) is 8.43. The Balaban J connectivity index is 2.88. The third-order valence-corrected chi connectivity index (χ3v) is 1.50. The number of nitrogens with two attached hydrogens (primary N) is 1. The molecule has 5 heteroatoms. The Bertz CT molecular complexity index is 234. The van der Waals surface area contributed by atoms with Crippen molar-refractivity contribution in [1.82, 2.24) is 5.32 Å². The van der Waals surface area contributed by atoms with Crippen LogP contribution in [0, 0.1) is 0 Å². The van der Waals surface area contributed by atoms with E-state index in [9.17, 15) is 9.59 Å². The predicted octanol–water partition coefficient (Wildman–Crippen LogP) is -1.55. The van der Waals surface area contributed by atoms with Crippen LogP contribution >= 0.6 is 0 Å². The summed E-state index contributed by atoms with van der Waals surface area (Å²) >= 11 is 0. The van der Waals surface area contributed by atoms with Gasteiger partial charge in [-0.15, -0.1) is 0 Å². The molecule has 0 aromatic rings. The van der Waals surface area contributed by atoms with Crippen molar-refractivity contribution in [2.75, 3.05) is 6.54 Å². The highest BCUT2D eigenvalue weighted by atomic mass is 16.2. The number of aliphatic hydroxyl groups is 1. The van der Waals surface area contributed by atoms with Crippen LogP contribution in [0.1, 0.15) is 0 Å². The number of hydrogen-bond donors (Lipinski definition) is 3. The molecule has 4 N–H and O–H groups in total. The summed E-state index contributed by atoms with van der Waals surface area (Å²) in [6.45, 7) is 0.0575. The molecule has 0 radical (unpaired) electrons. The van der Waals surface area contributed by atoms with Gasteiger partial charge in [-0.25, -0.2) is 0 Å². The number of nitrogens with one attached hydrogen (secondary N) is 1. The van der Waals surface area contributed by atoms with Gasteiger partial charge in [0.1, 0.15) is 11.6 Å². The Kier molecular flexibility index (Phi) is 1.91. The molecule has 1 amide bonds. The lowest BCUT2D eigenvalue weighted by Gasteiger charge is -2.00. The van der Waals surface area contributed by atoms with Gasteiger partial charge in [-0.05, 0) is 0 Å². The lowest BCUT2D eigenvalue weighted by atomic mass is 10.1. The standard InChI is InChI=1S/C6H8N2O3/c7-1-4-5(10)3(2-9)6(11)8-4/h2,4,9H,1,7H2,(H,8,11)/t4-/m0/s1. The monoisotopic (exact) mass is 156 g/mol. The van der Waals surface area contributed by atoms with Gasteiger partial charge in [-0.3, -0.25) is 9.59 Å². The highest BCUT2D eigenvalue weighted by Crippen LogP contribution is 2.07. The van der Waals surface area contributed by atoms with Crippen LogP contribution < -0.4 is 11.1 Å². The van der Waals surface area contributed by atoms with Gasteiger partial charge in [0.05, 0.1) is 6.26 Å². The molecular formula is C6H8N2O3. The quantitative estimate of drug-likeness (QED) is 0.243. The van der Waals surface area contributed by atoms with Crippen molar-refractivity contribution in [2.24, 2.45) is 5.73 Å². The van der Waals surface area contributed by atoms with Crippen LogP contribution in [0.5, 0.6) is 0 Å². The van der Waals surface area contributed by atoms with E-state index in [1.807, 2.05) is 0 Å². The van der Waals surface area contributed by atoms with E-state index >= 15 is 0 Å². The summed E-state index contributed by atoms with van der Waals surface area (Å²) in [6.07, 6.45) is 0.507. The first-order chi connectivity index (χ1) is 5.20. The second-order valence-corrected chi connectivity index (χ2v) is 2.17. The minimum absolute atomic E-state index is 0.0575. The summed E-state index contributed by atoms with van der Waals surface area (Å²) < 4.78 is 0. The molecular weight excluding hydrogens is 148 g/mol. The average molecular weight is 156 g/mol. The molecule has 0 aromatic heterocycles. The molecule has 1 aliphatic heterocycles. The maximum Gasteiger partial charge on any atom is 0.258 e. The van der Waals surface area contributed by atoms with Crippen LogP contribution in [0.3, 0.4) is 0 Å². The van der Waals surface area contributed by atoms with E-state index in [2.05, 4.69) is 5.32 Å². The van der Waals surface area contributed by atoms with E-state index in [0.29, 0.717) is 6.26 Å². The van der Waals surface area contributed by atoms with Crippen LogP contribution in [0.25, 0.3) is 0 Å². The van der Waals surface area contributed by atoms with E-state index in [0.717, 1.165) is 0 Å². The Hall–Kier alpha value is -1.36. The van der Waals surface area contributed by atoms with Gasteiger partial charge < -0.3 is 16.2 Å². The highest BCUT2D eigenvalue weighted by Gasteiger charge is 2.34. The zero-order valence-electron chi connectivity index (χ0n) is 5.70. The number of carbonyl (C=O) groups excluding carboxylic acids is 2. The first-order valence-corrected chi connectivity index (χ1v) is 3.10. The molecule has 1 heterocycles. The minimum atomic E-state index is -0.666. The van der Waals surface area contributed by atoms with Gasteiger partial charge in [-0.1, -0.05) is 0 Å². The highest BCUT2D eigenvalue weighted by molar-refractivity contribution is 6.26. The summed E-state index contributed by atoms with van der Waals surface area (Å²) in [5.74, 6) is -1.01. The van der Waals surface area contributed by atoms with E-state index in [-0.39, 0.29) is 12.1 Å². The maximum atomic E-state index is 11.0. The van der Waals surface area contributed by atoms with Crippen molar-refractivity contribution in [3.63, 3.8) is 0 Å². The van der Waals surface area contributed by atoms with Crippen LogP contribution in [-0.4, -0.2) is 29.4 Å². The first kappa shape index (κ1) is 7.74. The molecule has 5 nitrogen and oxygen atoms in total. The molecule has 1 atom stereocenters. The van der Waals surface area contributed by atoms with E-state index in [4.69, 9.17) is 10.8 Å². The van der Waals surface area contributed by atoms with Gasteiger partial charge in [0, 0.05) is 6.54 Å². The molecule has 1 rings (SSSR count). The van der Waals surface area contributed by atoms with Crippen molar-refractivity contribution >= 4 is 11.7 Å². The molecule has 11 heavy (non-hydrogen) atoms. The topological polar surface area (TPSA) is 92.4 Å². The smallest absolute Gasteiger partial charge is 0.258 e. The molecule has 0 spiro atoms. The third-order valence-electron chi connectivity index (χ3n) is 1.50. The average Bonchev–Trinajstić information content (AvgIpc) is 2.26. The number of ketones is 1. The van der Waals surface area contributed by atoms with Crippen LogP contribution in [-0.2, 0) is 9.59 Å². The van der Waals surface area contributed by atoms with Crippen molar-refractivity contribution in [2.45, 2.75) is 6.04 Å². The molecule has 0 unspecified atom stereocenters.